The lowest BCUT2D eigenvalue weighted by Crippen LogP contribution is -2.45. The van der Waals surface area contributed by atoms with Crippen LogP contribution in [0, 0.1) is 5.82 Å². The van der Waals surface area contributed by atoms with Crippen molar-refractivity contribution in [2.75, 3.05) is 31.1 Å². The number of aromatic hydroxyl groups is 1. The predicted octanol–water partition coefficient (Wildman–Crippen LogP) is 3.24. The van der Waals surface area contributed by atoms with E-state index in [4.69, 9.17) is 0 Å². The van der Waals surface area contributed by atoms with Gasteiger partial charge in [-0.2, -0.15) is 5.10 Å². The molecule has 2 heterocycles. The Hall–Kier alpha value is -2.86. The Morgan fingerprint density at radius 2 is 1.65 bits per heavy atom. The van der Waals surface area contributed by atoms with Gasteiger partial charge in [0.05, 0.1) is 5.69 Å². The van der Waals surface area contributed by atoms with Gasteiger partial charge in [-0.15, -0.1) is 0 Å². The van der Waals surface area contributed by atoms with Gasteiger partial charge < -0.3 is 10.0 Å². The van der Waals surface area contributed by atoms with Crippen LogP contribution in [0.5, 0.6) is 5.75 Å². The number of nitrogens with zero attached hydrogens (tertiary/aromatic N) is 3. The van der Waals surface area contributed by atoms with Crippen molar-refractivity contribution in [1.82, 2.24) is 15.1 Å². The van der Waals surface area contributed by atoms with E-state index >= 15 is 0 Å². The van der Waals surface area contributed by atoms with Crippen molar-refractivity contribution in [3.63, 3.8) is 0 Å². The molecule has 5 nitrogen and oxygen atoms in total. The van der Waals surface area contributed by atoms with Gasteiger partial charge in [0, 0.05) is 55.7 Å². The monoisotopic (exact) mass is 352 g/mol. The smallest absolute Gasteiger partial charge is 0.123 e. The summed E-state index contributed by atoms with van der Waals surface area (Å²) in [6.07, 6.45) is 1.92. The number of rotatable bonds is 4. The largest absolute Gasteiger partial charge is 0.508 e. The summed E-state index contributed by atoms with van der Waals surface area (Å²) >= 11 is 0. The molecule has 0 bridgehead atoms. The van der Waals surface area contributed by atoms with Gasteiger partial charge in [0.2, 0.25) is 0 Å². The molecule has 1 aliphatic rings. The first kappa shape index (κ1) is 16.6. The zero-order valence-electron chi connectivity index (χ0n) is 14.4. The Morgan fingerprint density at radius 3 is 2.35 bits per heavy atom. The van der Waals surface area contributed by atoms with Gasteiger partial charge >= 0.3 is 0 Å². The number of aromatic nitrogens is 2. The number of hydrogen-bond acceptors (Lipinski definition) is 4. The van der Waals surface area contributed by atoms with Gasteiger partial charge in [0.25, 0.3) is 0 Å². The highest BCUT2D eigenvalue weighted by Gasteiger charge is 2.19. The fraction of sp³-hybridized carbons (Fsp3) is 0.250. The van der Waals surface area contributed by atoms with Gasteiger partial charge in [0.15, 0.2) is 0 Å². The van der Waals surface area contributed by atoms with Crippen molar-refractivity contribution in [3.05, 3.63) is 66.1 Å². The van der Waals surface area contributed by atoms with E-state index in [1.54, 1.807) is 24.3 Å². The number of H-pyrrole nitrogens is 1. The zero-order valence-corrected chi connectivity index (χ0v) is 14.4. The standard InChI is InChI=1S/C20H21FN4O/c21-17-3-1-15(2-4-17)20-16(13-22-23-20)14-24-9-11-25(12-10-24)18-5-7-19(26)8-6-18/h1-8,13,26H,9-12,14H2,(H,22,23). The van der Waals surface area contributed by atoms with Crippen molar-refractivity contribution in [1.29, 1.82) is 0 Å². The second kappa shape index (κ2) is 7.17. The highest BCUT2D eigenvalue weighted by atomic mass is 19.1. The van der Waals surface area contributed by atoms with Crippen LogP contribution in [-0.2, 0) is 6.54 Å². The number of benzene rings is 2. The Balaban J connectivity index is 1.40. The summed E-state index contributed by atoms with van der Waals surface area (Å²) in [6, 6.07) is 13.8. The first-order chi connectivity index (χ1) is 12.7. The lowest BCUT2D eigenvalue weighted by molar-refractivity contribution is 0.250. The molecule has 2 aromatic carbocycles. The molecule has 6 heteroatoms. The van der Waals surface area contributed by atoms with Gasteiger partial charge in [-0.25, -0.2) is 4.39 Å². The molecule has 0 radical (unpaired) electrons. The van der Waals surface area contributed by atoms with Crippen molar-refractivity contribution < 1.29 is 9.50 Å². The van der Waals surface area contributed by atoms with Crippen LogP contribution in [0.2, 0.25) is 0 Å². The summed E-state index contributed by atoms with van der Waals surface area (Å²) in [6.45, 7) is 4.60. The summed E-state index contributed by atoms with van der Waals surface area (Å²) < 4.78 is 13.1. The molecule has 4 rings (SSSR count). The molecule has 1 saturated heterocycles. The molecule has 26 heavy (non-hydrogen) atoms. The van der Waals surface area contributed by atoms with E-state index in [0.29, 0.717) is 5.75 Å². The van der Waals surface area contributed by atoms with E-state index in [1.165, 1.54) is 12.1 Å². The second-order valence-electron chi connectivity index (χ2n) is 6.55. The van der Waals surface area contributed by atoms with Crippen LogP contribution in [0.1, 0.15) is 5.56 Å². The third-order valence-corrected chi connectivity index (χ3v) is 4.82. The number of hydrogen-bond donors (Lipinski definition) is 2. The Labute approximate surface area is 151 Å². The molecule has 1 aliphatic heterocycles. The van der Waals surface area contributed by atoms with Crippen LogP contribution < -0.4 is 4.90 Å². The fourth-order valence-corrected chi connectivity index (χ4v) is 3.36. The molecule has 0 saturated carbocycles. The molecule has 2 N–H and O–H groups in total. The van der Waals surface area contributed by atoms with E-state index in [9.17, 15) is 9.50 Å². The SMILES string of the molecule is Oc1ccc(N2CCN(Cc3c[nH]nc3-c3ccc(F)cc3)CC2)cc1. The molecule has 134 valence electrons. The molecule has 1 fully saturated rings. The van der Waals surface area contributed by atoms with E-state index in [0.717, 1.165) is 55.2 Å². The van der Waals surface area contributed by atoms with Gasteiger partial charge in [-0.3, -0.25) is 10.00 Å². The van der Waals surface area contributed by atoms with Crippen LogP contribution in [0.4, 0.5) is 10.1 Å². The number of phenolic OH excluding ortho intramolecular Hbond substituents is 1. The topological polar surface area (TPSA) is 55.4 Å². The first-order valence-electron chi connectivity index (χ1n) is 8.74. The lowest BCUT2D eigenvalue weighted by Gasteiger charge is -2.36. The van der Waals surface area contributed by atoms with E-state index < -0.39 is 0 Å². The Bertz CT molecular complexity index is 852. The molecule has 3 aromatic rings. The molecular formula is C20H21FN4O. The Morgan fingerprint density at radius 1 is 0.962 bits per heavy atom. The number of piperazine rings is 1. The molecule has 0 amide bonds. The highest BCUT2D eigenvalue weighted by molar-refractivity contribution is 5.62. The van der Waals surface area contributed by atoms with Crippen LogP contribution in [0.15, 0.2) is 54.7 Å². The molecule has 0 atom stereocenters. The maximum absolute atomic E-state index is 13.1. The van der Waals surface area contributed by atoms with Gasteiger partial charge in [0.1, 0.15) is 11.6 Å². The molecule has 1 aromatic heterocycles. The van der Waals surface area contributed by atoms with Crippen molar-refractivity contribution >= 4 is 5.69 Å². The second-order valence-corrected chi connectivity index (χ2v) is 6.55. The highest BCUT2D eigenvalue weighted by Crippen LogP contribution is 2.24. The van der Waals surface area contributed by atoms with Crippen LogP contribution >= 0.6 is 0 Å². The zero-order chi connectivity index (χ0) is 17.9. The summed E-state index contributed by atoms with van der Waals surface area (Å²) in [7, 11) is 0. The van der Waals surface area contributed by atoms with Crippen molar-refractivity contribution in [2.24, 2.45) is 0 Å². The van der Waals surface area contributed by atoms with Crippen LogP contribution in [0.3, 0.4) is 0 Å². The summed E-state index contributed by atoms with van der Waals surface area (Å²) in [4.78, 5) is 4.72. The van der Waals surface area contributed by atoms with Crippen molar-refractivity contribution in [3.8, 4) is 17.0 Å². The summed E-state index contributed by atoms with van der Waals surface area (Å²) in [5.41, 5.74) is 4.06. The average molecular weight is 352 g/mol. The fourth-order valence-electron chi connectivity index (χ4n) is 3.36. The normalized spacial score (nSPS) is 15.3. The molecule has 0 spiro atoms. The molecule has 0 aliphatic carbocycles. The minimum atomic E-state index is -0.240. The number of halogens is 1. The maximum atomic E-state index is 13.1. The summed E-state index contributed by atoms with van der Waals surface area (Å²) in [5.74, 6) is 0.0526. The minimum absolute atomic E-state index is 0.240. The number of nitrogens with one attached hydrogen (secondary N) is 1. The lowest BCUT2D eigenvalue weighted by atomic mass is 10.1. The van der Waals surface area contributed by atoms with Crippen molar-refractivity contribution in [2.45, 2.75) is 6.54 Å². The van der Waals surface area contributed by atoms with E-state index in [1.807, 2.05) is 18.3 Å². The number of aromatic amines is 1. The van der Waals surface area contributed by atoms with Gasteiger partial charge in [-0.05, 0) is 48.5 Å². The van der Waals surface area contributed by atoms with E-state index in [2.05, 4.69) is 20.0 Å². The van der Waals surface area contributed by atoms with Crippen LogP contribution in [-0.4, -0.2) is 46.4 Å². The molecular weight excluding hydrogens is 331 g/mol. The van der Waals surface area contributed by atoms with Gasteiger partial charge in [-0.1, -0.05) is 0 Å². The number of anilines is 1. The third-order valence-electron chi connectivity index (χ3n) is 4.82. The predicted molar refractivity (Wildman–Crippen MR) is 99.6 cm³/mol. The first-order valence-corrected chi connectivity index (χ1v) is 8.74. The minimum Gasteiger partial charge on any atom is -0.508 e. The quantitative estimate of drug-likeness (QED) is 0.757. The van der Waals surface area contributed by atoms with E-state index in [-0.39, 0.29) is 5.82 Å². The molecule has 0 unspecified atom stereocenters. The average Bonchev–Trinajstić information content (AvgIpc) is 3.12. The Kier molecular flexibility index (Phi) is 4.58. The maximum Gasteiger partial charge on any atom is 0.123 e. The number of phenols is 1. The summed E-state index contributed by atoms with van der Waals surface area (Å²) in [5, 5.41) is 16.7. The van der Waals surface area contributed by atoms with Crippen LogP contribution in [0.25, 0.3) is 11.3 Å². The third kappa shape index (κ3) is 3.55.